The van der Waals surface area contributed by atoms with Gasteiger partial charge in [-0.2, -0.15) is 0 Å². The smallest absolute Gasteiger partial charge is 0.407 e. The van der Waals surface area contributed by atoms with Gasteiger partial charge in [0.15, 0.2) is 6.29 Å². The van der Waals surface area contributed by atoms with Crippen LogP contribution in [-0.4, -0.2) is 79.4 Å². The first-order chi connectivity index (χ1) is 22.2. The van der Waals surface area contributed by atoms with Crippen molar-refractivity contribution in [3.63, 3.8) is 0 Å². The van der Waals surface area contributed by atoms with E-state index in [9.17, 15) is 14.4 Å². The highest BCUT2D eigenvalue weighted by molar-refractivity contribution is 6.61. The van der Waals surface area contributed by atoms with Gasteiger partial charge in [-0.3, -0.25) is 14.4 Å². The van der Waals surface area contributed by atoms with Gasteiger partial charge in [-0.25, -0.2) is 0 Å². The van der Waals surface area contributed by atoms with Gasteiger partial charge in [-0.05, 0) is 47.1 Å². The van der Waals surface area contributed by atoms with Crippen molar-refractivity contribution in [3.8, 4) is 11.1 Å². The average molecular weight is 640 g/mol. The third-order valence-corrected chi connectivity index (χ3v) is 9.14. The maximum Gasteiger partial charge on any atom is 0.493 e. The summed E-state index contributed by atoms with van der Waals surface area (Å²) >= 11 is 6.41. The number of halogens is 1. The molecule has 0 atom stereocenters. The third-order valence-electron chi connectivity index (χ3n) is 8.82. The number of hydrogen-bond acceptors (Lipinski definition) is 5. The van der Waals surface area contributed by atoms with Crippen LogP contribution in [-0.2, 0) is 31.7 Å². The molecule has 0 aliphatic carbocycles. The molecular formula is C36H39BClN3O5. The molecule has 0 saturated carbocycles. The minimum Gasteiger partial charge on any atom is -0.407 e. The van der Waals surface area contributed by atoms with Crippen molar-refractivity contribution in [2.75, 3.05) is 39.4 Å². The lowest BCUT2D eigenvalue weighted by Crippen LogP contribution is -2.47. The van der Waals surface area contributed by atoms with Gasteiger partial charge in [0.05, 0.1) is 17.9 Å². The second kappa shape index (κ2) is 13.8. The Morgan fingerprint density at radius 1 is 0.870 bits per heavy atom. The SMILES string of the molecule is CC1(C)COB(c2ccc(CC(=O)N3CCC3)cc2)OC1.O=Cc1c[nH]c2cc(Cl)c(-c3ccc(CC(=O)N4CCC4)cc3)cc12. The maximum atomic E-state index is 12.1. The van der Waals surface area contributed by atoms with E-state index >= 15 is 0 Å². The van der Waals surface area contributed by atoms with E-state index in [-0.39, 0.29) is 24.3 Å². The van der Waals surface area contributed by atoms with Crippen LogP contribution in [0.4, 0.5) is 0 Å². The predicted octanol–water partition coefficient (Wildman–Crippen LogP) is 5.31. The zero-order valence-corrected chi connectivity index (χ0v) is 27.1. The molecule has 4 heterocycles. The van der Waals surface area contributed by atoms with Gasteiger partial charge in [0, 0.05) is 73.0 Å². The van der Waals surface area contributed by atoms with E-state index in [1.165, 1.54) is 0 Å². The molecule has 3 aliphatic heterocycles. The number of carbonyl (C=O) groups excluding carboxylic acids is 3. The second-order valence-electron chi connectivity index (χ2n) is 13.1. The molecule has 0 radical (unpaired) electrons. The predicted molar refractivity (Wildman–Crippen MR) is 181 cm³/mol. The summed E-state index contributed by atoms with van der Waals surface area (Å²) in [6.07, 6.45) is 5.67. The van der Waals surface area contributed by atoms with Crippen molar-refractivity contribution in [1.29, 1.82) is 0 Å². The van der Waals surface area contributed by atoms with E-state index in [1.807, 2.05) is 70.5 Å². The van der Waals surface area contributed by atoms with Gasteiger partial charge < -0.3 is 24.1 Å². The van der Waals surface area contributed by atoms with E-state index in [2.05, 4.69) is 18.8 Å². The molecule has 2 amide bonds. The summed E-state index contributed by atoms with van der Waals surface area (Å²) < 4.78 is 11.5. The van der Waals surface area contributed by atoms with Gasteiger partial charge in [0.25, 0.3) is 0 Å². The number of aldehydes is 1. The highest BCUT2D eigenvalue weighted by Crippen LogP contribution is 2.33. The Morgan fingerprint density at radius 3 is 1.91 bits per heavy atom. The Balaban J connectivity index is 0.000000164. The zero-order chi connectivity index (χ0) is 32.3. The van der Waals surface area contributed by atoms with Gasteiger partial charge in [-0.15, -0.1) is 0 Å². The number of likely N-dealkylation sites (tertiary alicyclic amines) is 2. The Morgan fingerprint density at radius 2 is 1.41 bits per heavy atom. The van der Waals surface area contributed by atoms with Crippen LogP contribution < -0.4 is 5.46 Å². The van der Waals surface area contributed by atoms with Gasteiger partial charge >= 0.3 is 7.12 Å². The van der Waals surface area contributed by atoms with Crippen LogP contribution in [0.3, 0.4) is 0 Å². The van der Waals surface area contributed by atoms with E-state index in [0.717, 1.165) is 83.9 Å². The Bertz CT molecular complexity index is 1700. The molecule has 3 aliphatic rings. The largest absolute Gasteiger partial charge is 0.493 e. The van der Waals surface area contributed by atoms with Crippen LogP contribution in [0.25, 0.3) is 22.0 Å². The number of fused-ring (bicyclic) bond motifs is 1. The molecule has 0 spiro atoms. The first-order valence-electron chi connectivity index (χ1n) is 15.9. The molecule has 0 bridgehead atoms. The van der Waals surface area contributed by atoms with E-state index < -0.39 is 0 Å². The first kappa shape index (κ1) is 32.0. The van der Waals surface area contributed by atoms with Crippen molar-refractivity contribution in [2.24, 2.45) is 5.41 Å². The number of aromatic nitrogens is 1. The summed E-state index contributed by atoms with van der Waals surface area (Å²) in [4.78, 5) is 42.0. The monoisotopic (exact) mass is 639 g/mol. The number of amides is 2. The molecule has 238 valence electrons. The molecule has 3 fully saturated rings. The standard InChI is InChI=1S/C20H17ClN2O2.C16H22BNO3/c21-18-10-19-17(15(12-24)11-22-19)9-16(18)14-4-2-13(3-5-14)8-20(25)23-6-1-7-23;1-16(2)11-20-17(21-12-16)14-6-4-13(5-7-14)10-15(19)18-8-3-9-18/h2-5,9-12,22H,1,6-8H2;4-7H,3,8-12H2,1-2H3. The van der Waals surface area contributed by atoms with Crippen molar-refractivity contribution in [2.45, 2.75) is 39.5 Å². The average Bonchev–Trinajstić information content (AvgIpc) is 3.38. The number of nitrogens with zero attached hydrogens (tertiary/aromatic N) is 2. The summed E-state index contributed by atoms with van der Waals surface area (Å²) in [5.41, 5.74) is 6.44. The third kappa shape index (κ3) is 7.38. The molecule has 4 aromatic rings. The van der Waals surface area contributed by atoms with Crippen molar-refractivity contribution < 1.29 is 23.7 Å². The number of nitrogens with one attached hydrogen (secondary N) is 1. The lowest BCUT2D eigenvalue weighted by molar-refractivity contribution is -0.134. The number of benzene rings is 3. The second-order valence-corrected chi connectivity index (χ2v) is 13.5. The lowest BCUT2D eigenvalue weighted by atomic mass is 9.75. The molecule has 10 heteroatoms. The van der Waals surface area contributed by atoms with Crippen LogP contribution in [0, 0.1) is 5.41 Å². The Labute approximate surface area is 275 Å². The molecule has 7 rings (SSSR count). The molecular weight excluding hydrogens is 601 g/mol. The molecule has 46 heavy (non-hydrogen) atoms. The number of carbonyl (C=O) groups is 3. The Kier molecular flexibility index (Phi) is 9.63. The normalized spacial score (nSPS) is 17.1. The molecule has 1 aromatic heterocycles. The number of aromatic amines is 1. The van der Waals surface area contributed by atoms with E-state index in [4.69, 9.17) is 20.9 Å². The van der Waals surface area contributed by atoms with Gasteiger partial charge in [0.1, 0.15) is 0 Å². The van der Waals surface area contributed by atoms with E-state index in [1.54, 1.807) is 6.20 Å². The number of hydrogen-bond donors (Lipinski definition) is 1. The van der Waals surface area contributed by atoms with Crippen LogP contribution in [0.2, 0.25) is 5.02 Å². The number of H-pyrrole nitrogens is 1. The molecule has 3 aromatic carbocycles. The van der Waals surface area contributed by atoms with Crippen molar-refractivity contribution in [3.05, 3.63) is 88.6 Å². The zero-order valence-electron chi connectivity index (χ0n) is 26.4. The maximum absolute atomic E-state index is 12.1. The van der Waals surface area contributed by atoms with Crippen LogP contribution >= 0.6 is 11.6 Å². The summed E-state index contributed by atoms with van der Waals surface area (Å²) in [7, 11) is -0.279. The molecule has 8 nitrogen and oxygen atoms in total. The Hall–Kier alpha value is -3.92. The highest BCUT2D eigenvalue weighted by atomic mass is 35.5. The lowest BCUT2D eigenvalue weighted by Gasteiger charge is -2.33. The molecule has 1 N–H and O–H groups in total. The fourth-order valence-corrected chi connectivity index (χ4v) is 5.94. The van der Waals surface area contributed by atoms with Crippen LogP contribution in [0.5, 0.6) is 0 Å². The van der Waals surface area contributed by atoms with Gasteiger partial charge in [-0.1, -0.05) is 74.0 Å². The fraction of sp³-hybridized carbons (Fsp3) is 0.361. The quantitative estimate of drug-likeness (QED) is 0.219. The van der Waals surface area contributed by atoms with Crippen molar-refractivity contribution >= 4 is 53.2 Å². The summed E-state index contributed by atoms with van der Waals surface area (Å²) in [5.74, 6) is 0.405. The first-order valence-corrected chi connectivity index (χ1v) is 16.3. The van der Waals surface area contributed by atoms with Crippen molar-refractivity contribution in [1.82, 2.24) is 14.8 Å². The van der Waals surface area contributed by atoms with Crippen LogP contribution in [0.15, 0.2) is 66.9 Å². The molecule has 0 unspecified atom stereocenters. The summed E-state index contributed by atoms with van der Waals surface area (Å²) in [5, 5.41) is 1.47. The van der Waals surface area contributed by atoms with Crippen LogP contribution in [0.1, 0.15) is 48.2 Å². The van der Waals surface area contributed by atoms with Gasteiger partial charge in [0.2, 0.25) is 11.8 Å². The highest BCUT2D eigenvalue weighted by Gasteiger charge is 2.33. The summed E-state index contributed by atoms with van der Waals surface area (Å²) in [6.45, 7) is 9.25. The minimum absolute atomic E-state index is 0.0834. The minimum atomic E-state index is -0.279. The number of rotatable bonds is 7. The topological polar surface area (TPSA) is 91.9 Å². The molecule has 3 saturated heterocycles. The summed E-state index contributed by atoms with van der Waals surface area (Å²) in [6, 6.07) is 19.6. The fourth-order valence-electron chi connectivity index (χ4n) is 5.67. The van der Waals surface area contributed by atoms with E-state index in [0.29, 0.717) is 36.6 Å².